The van der Waals surface area contributed by atoms with Crippen molar-refractivity contribution < 1.29 is 4.74 Å². The van der Waals surface area contributed by atoms with Gasteiger partial charge in [0.1, 0.15) is 6.61 Å². The van der Waals surface area contributed by atoms with Crippen LogP contribution in [0.25, 0.3) is 0 Å². The minimum atomic E-state index is 0.872. The molecule has 0 saturated carbocycles. The van der Waals surface area contributed by atoms with Gasteiger partial charge in [0, 0.05) is 7.11 Å². The largest absolute Gasteiger partial charge is 0.372 e. The Kier molecular flexibility index (Phi) is 3.93. The number of ether oxygens (including phenoxy) is 1. The highest BCUT2D eigenvalue weighted by Gasteiger charge is 1.69. The van der Waals surface area contributed by atoms with E-state index in [1.807, 2.05) is 6.92 Å². The number of hydrogen-bond acceptors (Lipinski definition) is 1. The summed E-state index contributed by atoms with van der Waals surface area (Å²) in [4.78, 5) is 0. The molecule has 0 aliphatic carbocycles. The monoisotopic (exact) mass is 72.1 g/mol. The fourth-order valence-corrected chi connectivity index (χ4v) is 0.144. The third kappa shape index (κ3) is 3.96. The van der Waals surface area contributed by atoms with E-state index >= 15 is 0 Å². The summed E-state index contributed by atoms with van der Waals surface area (Å²) in [6, 6.07) is 0. The van der Waals surface area contributed by atoms with Crippen molar-refractivity contribution in [3.05, 3.63) is 6.61 Å². The molecule has 0 rings (SSSR count). The molecule has 0 aromatic carbocycles. The van der Waals surface area contributed by atoms with Gasteiger partial charge in [-0.15, -0.1) is 0 Å². The molecule has 2 radical (unpaired) electrons. The topological polar surface area (TPSA) is 9.23 Å². The highest BCUT2D eigenvalue weighted by Crippen LogP contribution is 1.79. The van der Waals surface area contributed by atoms with Gasteiger partial charge in [-0.05, 0) is 6.42 Å². The van der Waals surface area contributed by atoms with Gasteiger partial charge in [0.25, 0.3) is 0 Å². The summed E-state index contributed by atoms with van der Waals surface area (Å²) in [6.07, 6.45) is 0.872. The number of rotatable bonds is 2. The maximum atomic E-state index is 4.44. The van der Waals surface area contributed by atoms with Crippen molar-refractivity contribution in [3.8, 4) is 0 Å². The highest BCUT2D eigenvalue weighted by molar-refractivity contribution is 4.37. The Morgan fingerprint density at radius 2 is 2.40 bits per heavy atom. The van der Waals surface area contributed by atoms with Crippen molar-refractivity contribution in [1.29, 1.82) is 0 Å². The second kappa shape index (κ2) is 3.96. The Morgan fingerprint density at radius 1 is 1.80 bits per heavy atom. The zero-order valence-corrected chi connectivity index (χ0v) is 3.62. The molecule has 1 nitrogen and oxygen atoms in total. The van der Waals surface area contributed by atoms with E-state index in [2.05, 4.69) is 11.3 Å². The summed E-state index contributed by atoms with van der Waals surface area (Å²) in [5.74, 6) is 0. The first-order valence-corrected chi connectivity index (χ1v) is 1.67. The molecule has 0 saturated heterocycles. The van der Waals surface area contributed by atoms with Gasteiger partial charge in [0.05, 0.1) is 0 Å². The van der Waals surface area contributed by atoms with Crippen LogP contribution in [0, 0.1) is 6.61 Å². The molecule has 0 fully saturated rings. The molecular weight excluding hydrogens is 64.0 g/mol. The summed E-state index contributed by atoms with van der Waals surface area (Å²) in [5.41, 5.74) is 0. The van der Waals surface area contributed by atoms with E-state index in [9.17, 15) is 0 Å². The lowest BCUT2D eigenvalue weighted by atomic mass is 10.5. The molecule has 0 atom stereocenters. The maximum Gasteiger partial charge on any atom is 0.131 e. The molecule has 0 aromatic heterocycles. The fourth-order valence-electron chi connectivity index (χ4n) is 0.144. The summed E-state index contributed by atoms with van der Waals surface area (Å²) < 4.78 is 4.44. The van der Waals surface area contributed by atoms with Crippen molar-refractivity contribution in [2.75, 3.05) is 7.11 Å². The third-order valence-electron chi connectivity index (χ3n) is 0.289. The van der Waals surface area contributed by atoms with Crippen LogP contribution in [0.15, 0.2) is 0 Å². The Labute approximate surface area is 32.9 Å². The fraction of sp³-hybridized carbons (Fsp3) is 0.750. The number of hydrogen-bond donors (Lipinski definition) is 0. The summed E-state index contributed by atoms with van der Waals surface area (Å²) in [6.45, 7) is 4.59. The van der Waals surface area contributed by atoms with Crippen molar-refractivity contribution in [1.82, 2.24) is 0 Å². The van der Waals surface area contributed by atoms with Crippen LogP contribution in [0.1, 0.15) is 13.3 Å². The van der Waals surface area contributed by atoms with Crippen LogP contribution in [-0.4, -0.2) is 7.11 Å². The average molecular weight is 72.1 g/mol. The molecule has 0 aliphatic heterocycles. The van der Waals surface area contributed by atoms with Crippen molar-refractivity contribution >= 4 is 0 Å². The Bertz CT molecular complexity index is 11.1. The predicted molar refractivity (Wildman–Crippen MR) is 20.5 cm³/mol. The van der Waals surface area contributed by atoms with E-state index in [1.165, 1.54) is 0 Å². The van der Waals surface area contributed by atoms with Crippen LogP contribution in [0.3, 0.4) is 0 Å². The van der Waals surface area contributed by atoms with E-state index in [-0.39, 0.29) is 0 Å². The van der Waals surface area contributed by atoms with Crippen LogP contribution in [-0.2, 0) is 4.74 Å². The standard InChI is InChI=1S/C4H8O/c1-3-4-5-2/h3H2,1-2H3. The van der Waals surface area contributed by atoms with Gasteiger partial charge in [0.15, 0.2) is 0 Å². The normalized spacial score (nSPS) is 8.40. The van der Waals surface area contributed by atoms with Gasteiger partial charge in [0.2, 0.25) is 0 Å². The van der Waals surface area contributed by atoms with Crippen LogP contribution in [0.4, 0.5) is 0 Å². The summed E-state index contributed by atoms with van der Waals surface area (Å²) >= 11 is 0. The second-order valence-corrected chi connectivity index (χ2v) is 0.702. The molecule has 0 N–H and O–H groups in total. The molecule has 0 aliphatic rings. The van der Waals surface area contributed by atoms with E-state index in [1.54, 1.807) is 7.11 Å². The first kappa shape index (κ1) is 4.96. The van der Waals surface area contributed by atoms with Gasteiger partial charge in [-0.25, -0.2) is 0 Å². The number of methoxy groups -OCH3 is 1. The molecule has 0 amide bonds. The van der Waals surface area contributed by atoms with Crippen molar-refractivity contribution in [2.45, 2.75) is 13.3 Å². The minimum absolute atomic E-state index is 0.872. The van der Waals surface area contributed by atoms with Crippen molar-refractivity contribution in [3.63, 3.8) is 0 Å². The zero-order valence-electron chi connectivity index (χ0n) is 3.62. The Balaban J connectivity index is 2.19. The van der Waals surface area contributed by atoms with Crippen molar-refractivity contribution in [2.24, 2.45) is 0 Å². The Morgan fingerprint density at radius 3 is 2.40 bits per heavy atom. The van der Waals surface area contributed by atoms with E-state index in [4.69, 9.17) is 0 Å². The summed E-state index contributed by atoms with van der Waals surface area (Å²) in [5, 5.41) is 0. The van der Waals surface area contributed by atoms with Crippen LogP contribution in [0.5, 0.6) is 0 Å². The van der Waals surface area contributed by atoms with Gasteiger partial charge in [-0.1, -0.05) is 6.92 Å². The molecule has 0 aromatic rings. The van der Waals surface area contributed by atoms with E-state index < -0.39 is 0 Å². The minimum Gasteiger partial charge on any atom is -0.372 e. The lowest BCUT2D eigenvalue weighted by Crippen LogP contribution is -1.71. The lowest BCUT2D eigenvalue weighted by molar-refractivity contribution is 0.269. The Hall–Kier alpha value is -0.0400. The first-order valence-electron chi connectivity index (χ1n) is 1.67. The molecular formula is C4H8O. The molecule has 1 heteroatoms. The van der Waals surface area contributed by atoms with Crippen LogP contribution in [0.2, 0.25) is 0 Å². The SMILES string of the molecule is CC[C]OC. The van der Waals surface area contributed by atoms with Gasteiger partial charge in [-0.3, -0.25) is 0 Å². The lowest BCUT2D eigenvalue weighted by Gasteiger charge is -1.81. The van der Waals surface area contributed by atoms with Gasteiger partial charge < -0.3 is 4.74 Å². The predicted octanol–water partition coefficient (Wildman–Crippen LogP) is 1.08. The molecule has 0 heterocycles. The maximum absolute atomic E-state index is 4.44. The highest BCUT2D eigenvalue weighted by atomic mass is 16.5. The van der Waals surface area contributed by atoms with Gasteiger partial charge in [-0.2, -0.15) is 0 Å². The first-order chi connectivity index (χ1) is 2.41. The van der Waals surface area contributed by atoms with E-state index in [0.29, 0.717) is 0 Å². The zero-order chi connectivity index (χ0) is 4.12. The van der Waals surface area contributed by atoms with E-state index in [0.717, 1.165) is 6.42 Å². The molecule has 30 valence electrons. The summed E-state index contributed by atoms with van der Waals surface area (Å²) in [7, 11) is 1.60. The average Bonchev–Trinajstić information content (AvgIpc) is 1.41. The van der Waals surface area contributed by atoms with Crippen LogP contribution < -0.4 is 0 Å². The molecule has 0 spiro atoms. The second-order valence-electron chi connectivity index (χ2n) is 0.702. The quantitative estimate of drug-likeness (QED) is 0.474. The molecule has 5 heavy (non-hydrogen) atoms. The van der Waals surface area contributed by atoms with Gasteiger partial charge >= 0.3 is 0 Å². The molecule has 0 unspecified atom stereocenters. The van der Waals surface area contributed by atoms with Crippen LogP contribution >= 0.6 is 0 Å². The molecule has 0 bridgehead atoms. The third-order valence-corrected chi connectivity index (χ3v) is 0.289. The smallest absolute Gasteiger partial charge is 0.131 e.